The SMILES string of the molecule is O.O=C1CC(C(=O)N2CC[C@H](NCc3cc(-c4ccc(Cl)cc4)ccc3OC(F)(F)F)[C@H](c3ccccc3)C2)CC(=O)N1. The minimum atomic E-state index is -4.85. The minimum Gasteiger partial charge on any atom is -0.412 e. The van der Waals surface area contributed by atoms with Crippen LogP contribution in [0.1, 0.15) is 36.3 Å². The van der Waals surface area contributed by atoms with Crippen LogP contribution in [-0.4, -0.2) is 53.6 Å². The van der Waals surface area contributed by atoms with Crippen molar-refractivity contribution in [3.8, 4) is 16.9 Å². The van der Waals surface area contributed by atoms with Gasteiger partial charge in [0.25, 0.3) is 0 Å². The Bertz CT molecular complexity index is 1440. The van der Waals surface area contributed by atoms with Gasteiger partial charge in [0.1, 0.15) is 5.75 Å². The molecule has 3 aromatic rings. The third kappa shape index (κ3) is 8.13. The molecule has 3 amide bonds. The molecule has 2 atom stereocenters. The molecule has 2 aliphatic heterocycles. The lowest BCUT2D eigenvalue weighted by atomic mass is 9.84. The van der Waals surface area contributed by atoms with Crippen LogP contribution in [-0.2, 0) is 20.9 Å². The summed E-state index contributed by atoms with van der Waals surface area (Å²) < 4.78 is 44.1. The maximum Gasteiger partial charge on any atom is 0.573 e. The smallest absolute Gasteiger partial charge is 0.412 e. The van der Waals surface area contributed by atoms with Crippen molar-refractivity contribution in [3.05, 3.63) is 88.9 Å². The Kier molecular flexibility index (Phi) is 10.1. The van der Waals surface area contributed by atoms with E-state index in [0.717, 1.165) is 11.1 Å². The molecule has 12 heteroatoms. The lowest BCUT2D eigenvalue weighted by Crippen LogP contribution is -2.52. The van der Waals surface area contributed by atoms with Crippen LogP contribution >= 0.6 is 11.6 Å². The number of carbonyl (C=O) groups is 3. The average Bonchev–Trinajstić information content (AvgIpc) is 2.96. The molecule has 0 aromatic heterocycles. The fraction of sp³-hybridized carbons (Fsp3) is 0.323. The zero-order chi connectivity index (χ0) is 29.9. The third-order valence-electron chi connectivity index (χ3n) is 7.66. The van der Waals surface area contributed by atoms with Crippen LogP contribution in [0.5, 0.6) is 5.75 Å². The minimum absolute atomic E-state index is 0. The van der Waals surface area contributed by atoms with Gasteiger partial charge in [0.15, 0.2) is 0 Å². The highest BCUT2D eigenvalue weighted by Crippen LogP contribution is 2.33. The Balaban J connectivity index is 0.00000423. The van der Waals surface area contributed by atoms with Crippen molar-refractivity contribution in [1.29, 1.82) is 0 Å². The molecule has 0 spiro atoms. The predicted octanol–water partition coefficient (Wildman–Crippen LogP) is 4.61. The normalized spacial score (nSPS) is 19.4. The molecule has 2 aliphatic rings. The molecule has 8 nitrogen and oxygen atoms in total. The molecule has 43 heavy (non-hydrogen) atoms. The van der Waals surface area contributed by atoms with Gasteiger partial charge in [0.2, 0.25) is 17.7 Å². The second-order valence-corrected chi connectivity index (χ2v) is 11.0. The Hall–Kier alpha value is -3.93. The number of nitrogens with zero attached hydrogens (tertiary/aromatic N) is 1. The molecule has 5 rings (SSSR count). The number of likely N-dealkylation sites (tertiary alicyclic amines) is 1. The Morgan fingerprint density at radius 3 is 2.28 bits per heavy atom. The van der Waals surface area contributed by atoms with E-state index in [-0.39, 0.29) is 48.5 Å². The Labute approximate surface area is 251 Å². The van der Waals surface area contributed by atoms with Gasteiger partial charge in [-0.3, -0.25) is 19.7 Å². The Morgan fingerprint density at radius 2 is 1.63 bits per heavy atom. The highest BCUT2D eigenvalue weighted by molar-refractivity contribution is 6.30. The molecule has 228 valence electrons. The summed E-state index contributed by atoms with van der Waals surface area (Å²) in [5, 5.41) is 6.21. The number of amides is 3. The van der Waals surface area contributed by atoms with Gasteiger partial charge in [-0.2, -0.15) is 0 Å². The maximum absolute atomic E-state index is 13.3. The number of nitrogens with one attached hydrogen (secondary N) is 2. The lowest BCUT2D eigenvalue weighted by Gasteiger charge is -2.41. The van der Waals surface area contributed by atoms with Crippen LogP contribution in [0.25, 0.3) is 11.1 Å². The van der Waals surface area contributed by atoms with Crippen molar-refractivity contribution in [3.63, 3.8) is 0 Å². The highest BCUT2D eigenvalue weighted by atomic mass is 35.5. The fourth-order valence-corrected chi connectivity index (χ4v) is 5.78. The standard InChI is InChI=1S/C31H29ClF3N3O4.H2O/c32-24-9-6-19(7-10-24)21-8-11-27(42-31(33,34)35)23(14-21)17-36-26-12-13-38(18-25(26)20-4-2-1-3-5-20)30(41)22-15-28(39)37-29(40)16-22;/h1-11,14,22,25-26,36H,12-13,15-18H2,(H,37,39,40);1H2/t25-,26-;/m0./s1. The molecular weight excluding hydrogens is 587 g/mol. The summed E-state index contributed by atoms with van der Waals surface area (Å²) in [5.74, 6) is -2.34. The summed E-state index contributed by atoms with van der Waals surface area (Å²) >= 11 is 6.00. The van der Waals surface area contributed by atoms with Crippen LogP contribution in [0.3, 0.4) is 0 Å². The number of halogens is 4. The van der Waals surface area contributed by atoms with Gasteiger partial charge in [0.05, 0.1) is 5.92 Å². The highest BCUT2D eigenvalue weighted by Gasteiger charge is 2.38. The number of alkyl halides is 3. The number of carbonyl (C=O) groups excluding carboxylic acids is 3. The first-order valence-electron chi connectivity index (χ1n) is 13.6. The number of ether oxygens (including phenoxy) is 1. The van der Waals surface area contributed by atoms with E-state index in [1.54, 1.807) is 41.3 Å². The fourth-order valence-electron chi connectivity index (χ4n) is 5.65. The molecule has 4 N–H and O–H groups in total. The summed E-state index contributed by atoms with van der Waals surface area (Å²) in [5.41, 5.74) is 2.80. The van der Waals surface area contributed by atoms with Gasteiger partial charge in [0, 0.05) is 55.0 Å². The van der Waals surface area contributed by atoms with E-state index >= 15 is 0 Å². The largest absolute Gasteiger partial charge is 0.573 e. The first-order chi connectivity index (χ1) is 20.1. The predicted molar refractivity (Wildman–Crippen MR) is 154 cm³/mol. The quantitative estimate of drug-likeness (QED) is 0.376. The molecule has 2 fully saturated rings. The van der Waals surface area contributed by atoms with E-state index in [0.29, 0.717) is 35.7 Å². The van der Waals surface area contributed by atoms with Gasteiger partial charge < -0.3 is 20.4 Å². The number of hydrogen-bond acceptors (Lipinski definition) is 5. The first kappa shape index (κ1) is 32.0. The third-order valence-corrected chi connectivity index (χ3v) is 7.91. The van der Waals surface area contributed by atoms with Crippen molar-refractivity contribution in [2.45, 2.75) is 44.1 Å². The zero-order valence-corrected chi connectivity index (χ0v) is 23.8. The van der Waals surface area contributed by atoms with Crippen LogP contribution in [0.4, 0.5) is 13.2 Å². The first-order valence-corrected chi connectivity index (χ1v) is 14.0. The van der Waals surface area contributed by atoms with Gasteiger partial charge in [-0.25, -0.2) is 0 Å². The van der Waals surface area contributed by atoms with E-state index in [4.69, 9.17) is 11.6 Å². The van der Waals surface area contributed by atoms with Crippen molar-refractivity contribution in [1.82, 2.24) is 15.5 Å². The van der Waals surface area contributed by atoms with Crippen molar-refractivity contribution in [2.75, 3.05) is 13.1 Å². The molecule has 0 radical (unpaired) electrons. The van der Waals surface area contributed by atoms with Gasteiger partial charge in [-0.1, -0.05) is 60.1 Å². The summed E-state index contributed by atoms with van der Waals surface area (Å²) in [6.07, 6.45) is -4.41. The summed E-state index contributed by atoms with van der Waals surface area (Å²) in [6.45, 7) is 0.804. The number of piperidine rings is 2. The van der Waals surface area contributed by atoms with Gasteiger partial charge in [-0.15, -0.1) is 13.2 Å². The molecule has 2 heterocycles. The van der Waals surface area contributed by atoms with Crippen molar-refractivity contribution in [2.24, 2.45) is 5.92 Å². The van der Waals surface area contributed by atoms with Gasteiger partial charge in [-0.05, 0) is 47.4 Å². The van der Waals surface area contributed by atoms with Crippen LogP contribution in [0.15, 0.2) is 72.8 Å². The molecule has 0 bridgehead atoms. The lowest BCUT2D eigenvalue weighted by molar-refractivity contribution is -0.274. The van der Waals surface area contributed by atoms with Crippen LogP contribution in [0, 0.1) is 5.92 Å². The number of imide groups is 1. The summed E-state index contributed by atoms with van der Waals surface area (Å²) in [4.78, 5) is 38.8. The van der Waals surface area contributed by atoms with E-state index in [1.807, 2.05) is 30.3 Å². The Morgan fingerprint density at radius 1 is 0.977 bits per heavy atom. The van der Waals surface area contributed by atoms with Gasteiger partial charge >= 0.3 is 6.36 Å². The second kappa shape index (κ2) is 13.6. The molecule has 0 saturated carbocycles. The van der Waals surface area contributed by atoms with E-state index < -0.39 is 24.1 Å². The van der Waals surface area contributed by atoms with Crippen LogP contribution in [0.2, 0.25) is 5.02 Å². The maximum atomic E-state index is 13.3. The van der Waals surface area contributed by atoms with Crippen LogP contribution < -0.4 is 15.4 Å². The monoisotopic (exact) mass is 617 g/mol. The molecule has 0 unspecified atom stereocenters. The average molecular weight is 618 g/mol. The summed E-state index contributed by atoms with van der Waals surface area (Å²) in [7, 11) is 0. The number of hydrogen-bond donors (Lipinski definition) is 2. The summed E-state index contributed by atoms with van der Waals surface area (Å²) in [6, 6.07) is 20.9. The van der Waals surface area contributed by atoms with E-state index in [9.17, 15) is 27.6 Å². The van der Waals surface area contributed by atoms with E-state index in [1.165, 1.54) is 6.07 Å². The molecule has 3 aromatic carbocycles. The van der Waals surface area contributed by atoms with Crippen molar-refractivity contribution >= 4 is 29.3 Å². The van der Waals surface area contributed by atoms with Crippen molar-refractivity contribution < 1.29 is 37.8 Å². The number of rotatable bonds is 7. The topological polar surface area (TPSA) is 119 Å². The second-order valence-electron chi connectivity index (χ2n) is 10.5. The van der Waals surface area contributed by atoms with E-state index in [2.05, 4.69) is 15.4 Å². The molecule has 2 saturated heterocycles. The molecule has 0 aliphatic carbocycles. The zero-order valence-electron chi connectivity index (χ0n) is 23.0. The molecular formula is C31H31ClF3N3O5. The number of benzene rings is 3.